The van der Waals surface area contributed by atoms with E-state index in [0.717, 1.165) is 18.0 Å². The predicted octanol–water partition coefficient (Wildman–Crippen LogP) is 6.97. The molecule has 2 nitrogen and oxygen atoms in total. The van der Waals surface area contributed by atoms with Crippen LogP contribution in [-0.2, 0) is 19.4 Å². The molecule has 0 radical (unpaired) electrons. The molecule has 0 bridgehead atoms. The molecule has 1 N–H and O–H groups in total. The van der Waals surface area contributed by atoms with Crippen molar-refractivity contribution in [3.05, 3.63) is 70.1 Å². The molecular formula is C24H27NOS2. The lowest BCUT2D eigenvalue weighted by atomic mass is 9.76. The Labute approximate surface area is 177 Å². The fourth-order valence-electron chi connectivity index (χ4n) is 3.91. The Kier molecular flexibility index (Phi) is 5.55. The lowest BCUT2D eigenvalue weighted by Crippen LogP contribution is -2.21. The Morgan fingerprint density at radius 3 is 2.32 bits per heavy atom. The van der Waals surface area contributed by atoms with Crippen molar-refractivity contribution in [1.82, 2.24) is 4.72 Å². The molecule has 0 spiro atoms. The molecular weight excluding hydrogens is 382 g/mol. The monoisotopic (exact) mass is 409 g/mol. The van der Waals surface area contributed by atoms with Crippen LogP contribution in [0, 0.1) is 12.3 Å². The Morgan fingerprint density at radius 2 is 1.68 bits per heavy atom. The van der Waals surface area contributed by atoms with Crippen LogP contribution >= 0.6 is 24.2 Å². The molecule has 0 fully saturated rings. The molecule has 146 valence electrons. The summed E-state index contributed by atoms with van der Waals surface area (Å²) in [6, 6.07) is 16.6. The molecule has 0 saturated carbocycles. The lowest BCUT2D eigenvalue weighted by molar-refractivity contribution is 0.317. The number of ether oxygens (including phenoxy) is 1. The van der Waals surface area contributed by atoms with E-state index in [0.29, 0.717) is 5.41 Å². The minimum atomic E-state index is 0.423. The summed E-state index contributed by atoms with van der Waals surface area (Å²) in [7, 11) is 0. The second kappa shape index (κ2) is 7.94. The van der Waals surface area contributed by atoms with Gasteiger partial charge in [-0.1, -0.05) is 38.8 Å². The first-order valence-corrected chi connectivity index (χ1v) is 11.1. The van der Waals surface area contributed by atoms with Crippen LogP contribution in [0.3, 0.4) is 0 Å². The zero-order valence-electron chi connectivity index (χ0n) is 16.7. The largest absolute Gasteiger partial charge is 0.457 e. The smallest absolute Gasteiger partial charge is 0.127 e. The maximum Gasteiger partial charge on any atom is 0.127 e. The summed E-state index contributed by atoms with van der Waals surface area (Å²) in [4.78, 5) is 3.00. The minimum absolute atomic E-state index is 0.423. The van der Waals surface area contributed by atoms with Crippen molar-refractivity contribution in [2.45, 2.75) is 46.6 Å². The molecule has 1 heterocycles. The van der Waals surface area contributed by atoms with Crippen LogP contribution < -0.4 is 9.46 Å². The third kappa shape index (κ3) is 4.14. The van der Waals surface area contributed by atoms with Crippen LogP contribution in [0.5, 0.6) is 11.5 Å². The van der Waals surface area contributed by atoms with Gasteiger partial charge in [0.2, 0.25) is 0 Å². The molecule has 1 aliphatic rings. The minimum Gasteiger partial charge on any atom is -0.457 e. The predicted molar refractivity (Wildman–Crippen MR) is 123 cm³/mol. The van der Waals surface area contributed by atoms with Crippen molar-refractivity contribution < 1.29 is 4.74 Å². The molecule has 0 atom stereocenters. The second-order valence-corrected chi connectivity index (χ2v) is 9.83. The highest BCUT2D eigenvalue weighted by Crippen LogP contribution is 2.44. The summed E-state index contributed by atoms with van der Waals surface area (Å²) < 4.78 is 8.86. The summed E-state index contributed by atoms with van der Waals surface area (Å²) in [6.07, 6.45) is 3.70. The lowest BCUT2D eigenvalue weighted by Gasteiger charge is -2.29. The van der Waals surface area contributed by atoms with E-state index in [1.54, 1.807) is 10.4 Å². The van der Waals surface area contributed by atoms with Gasteiger partial charge in [0.15, 0.2) is 0 Å². The van der Waals surface area contributed by atoms with Gasteiger partial charge in [0, 0.05) is 16.3 Å². The van der Waals surface area contributed by atoms with Crippen LogP contribution in [-0.4, -0.2) is 0 Å². The van der Waals surface area contributed by atoms with E-state index in [1.165, 1.54) is 40.8 Å². The SMILES string of the molecule is Cc1c(-c2ccc(Oc3ccc(CNS)cc3)cc2)sc2c1CC(C)(C)CC2. The summed E-state index contributed by atoms with van der Waals surface area (Å²) in [6.45, 7) is 7.80. The van der Waals surface area contributed by atoms with Crippen molar-refractivity contribution >= 4 is 24.2 Å². The molecule has 2 aromatic carbocycles. The van der Waals surface area contributed by atoms with Gasteiger partial charge in [-0.2, -0.15) is 0 Å². The number of benzene rings is 2. The Morgan fingerprint density at radius 1 is 1.04 bits per heavy atom. The first-order valence-electron chi connectivity index (χ1n) is 9.80. The summed E-state index contributed by atoms with van der Waals surface area (Å²) >= 11 is 6.02. The van der Waals surface area contributed by atoms with Gasteiger partial charge in [-0.3, -0.25) is 4.72 Å². The van der Waals surface area contributed by atoms with Crippen LogP contribution in [0.15, 0.2) is 48.5 Å². The number of hydrogen-bond donors (Lipinski definition) is 2. The Balaban J connectivity index is 1.52. The normalized spacial score (nSPS) is 15.3. The van der Waals surface area contributed by atoms with E-state index in [1.807, 2.05) is 35.6 Å². The number of rotatable bonds is 5. The molecule has 3 aromatic rings. The number of nitrogens with one attached hydrogen (secondary N) is 1. The van der Waals surface area contributed by atoms with Gasteiger partial charge < -0.3 is 4.74 Å². The number of aryl methyl sites for hydroxylation is 1. The highest BCUT2D eigenvalue weighted by atomic mass is 32.1. The molecule has 4 heteroatoms. The molecule has 1 aliphatic carbocycles. The maximum absolute atomic E-state index is 6.01. The fourth-order valence-corrected chi connectivity index (χ4v) is 5.42. The van der Waals surface area contributed by atoms with Gasteiger partial charge in [-0.15, -0.1) is 11.3 Å². The standard InChI is InChI=1S/C24H27NOS2/c1-16-21-14-24(2,3)13-12-22(21)28-23(16)18-6-10-20(11-7-18)26-19-8-4-17(5-9-19)15-25-27/h4-11,25,27H,12-15H2,1-3H3. The third-order valence-electron chi connectivity index (χ3n) is 5.60. The van der Waals surface area contributed by atoms with Gasteiger partial charge in [-0.05, 0) is 90.3 Å². The quantitative estimate of drug-likeness (QED) is 0.444. The molecule has 4 rings (SSSR count). The zero-order chi connectivity index (χ0) is 19.7. The third-order valence-corrected chi connectivity index (χ3v) is 7.20. The molecule has 0 unspecified atom stereocenters. The van der Waals surface area contributed by atoms with Crippen LogP contribution in [0.1, 0.15) is 41.8 Å². The average Bonchev–Trinajstić information content (AvgIpc) is 2.99. The van der Waals surface area contributed by atoms with Crippen molar-refractivity contribution in [3.8, 4) is 21.9 Å². The number of thiophene rings is 1. The zero-order valence-corrected chi connectivity index (χ0v) is 18.4. The number of hydrogen-bond acceptors (Lipinski definition) is 4. The maximum atomic E-state index is 6.01. The topological polar surface area (TPSA) is 21.3 Å². The van der Waals surface area contributed by atoms with Gasteiger partial charge in [-0.25, -0.2) is 0 Å². The first kappa shape index (κ1) is 19.6. The summed E-state index contributed by atoms with van der Waals surface area (Å²) in [5.74, 6) is 1.71. The van der Waals surface area contributed by atoms with Gasteiger partial charge in [0.05, 0.1) is 0 Å². The van der Waals surface area contributed by atoms with Gasteiger partial charge >= 0.3 is 0 Å². The van der Waals surface area contributed by atoms with Crippen molar-refractivity contribution in [3.63, 3.8) is 0 Å². The molecule has 0 aliphatic heterocycles. The van der Waals surface area contributed by atoms with Crippen molar-refractivity contribution in [1.29, 1.82) is 0 Å². The molecule has 1 aromatic heterocycles. The van der Waals surface area contributed by atoms with E-state index < -0.39 is 0 Å². The Bertz CT molecular complexity index is 956. The highest BCUT2D eigenvalue weighted by Gasteiger charge is 2.29. The van der Waals surface area contributed by atoms with Gasteiger partial charge in [0.1, 0.15) is 11.5 Å². The van der Waals surface area contributed by atoms with E-state index in [2.05, 4.69) is 62.6 Å². The number of fused-ring (bicyclic) bond motifs is 1. The van der Waals surface area contributed by atoms with Crippen molar-refractivity contribution in [2.24, 2.45) is 5.41 Å². The fraction of sp³-hybridized carbons (Fsp3) is 0.333. The van der Waals surface area contributed by atoms with E-state index in [4.69, 9.17) is 4.74 Å². The van der Waals surface area contributed by atoms with Crippen molar-refractivity contribution in [2.75, 3.05) is 0 Å². The first-order chi connectivity index (χ1) is 13.4. The second-order valence-electron chi connectivity index (χ2n) is 8.40. The summed E-state index contributed by atoms with van der Waals surface area (Å²) in [5, 5.41) is 0. The van der Waals surface area contributed by atoms with E-state index >= 15 is 0 Å². The highest BCUT2D eigenvalue weighted by molar-refractivity contribution is 7.78. The average molecular weight is 410 g/mol. The van der Waals surface area contributed by atoms with Crippen LogP contribution in [0.2, 0.25) is 0 Å². The van der Waals surface area contributed by atoms with Crippen LogP contribution in [0.25, 0.3) is 10.4 Å². The molecule has 0 saturated heterocycles. The molecule has 0 amide bonds. The van der Waals surface area contributed by atoms with Gasteiger partial charge in [0.25, 0.3) is 0 Å². The van der Waals surface area contributed by atoms with E-state index in [9.17, 15) is 0 Å². The number of thiol groups is 1. The Hall–Kier alpha value is -1.75. The summed E-state index contributed by atoms with van der Waals surface area (Å²) in [5.41, 5.74) is 5.95. The van der Waals surface area contributed by atoms with E-state index in [-0.39, 0.29) is 0 Å². The van der Waals surface area contributed by atoms with Crippen LogP contribution in [0.4, 0.5) is 0 Å². The molecule has 28 heavy (non-hydrogen) atoms.